The maximum absolute atomic E-state index is 11.8. The third kappa shape index (κ3) is 5.10. The van der Waals surface area contributed by atoms with Crippen molar-refractivity contribution in [2.45, 2.75) is 12.8 Å². The monoisotopic (exact) mass is 366 g/mol. The SMILES string of the molecule is CN1CCCc2cc(/C=C/C(=O)OCC(=O)Nc3ccc(O)cc3)ccc21. The number of anilines is 2. The molecule has 0 aliphatic carbocycles. The van der Waals surface area contributed by atoms with Crippen LogP contribution < -0.4 is 10.2 Å². The molecule has 0 saturated heterocycles. The van der Waals surface area contributed by atoms with Gasteiger partial charge in [-0.2, -0.15) is 0 Å². The Balaban J connectivity index is 1.50. The molecule has 0 spiro atoms. The van der Waals surface area contributed by atoms with E-state index in [1.165, 1.54) is 29.5 Å². The predicted octanol–water partition coefficient (Wildman–Crippen LogP) is 2.97. The third-order valence-electron chi connectivity index (χ3n) is 4.36. The minimum Gasteiger partial charge on any atom is -0.508 e. The lowest BCUT2D eigenvalue weighted by atomic mass is 9.99. The van der Waals surface area contributed by atoms with Crippen LogP contribution in [0.3, 0.4) is 0 Å². The van der Waals surface area contributed by atoms with Gasteiger partial charge < -0.3 is 20.1 Å². The molecule has 0 atom stereocenters. The van der Waals surface area contributed by atoms with Crippen LogP contribution in [0.4, 0.5) is 11.4 Å². The Bertz CT molecular complexity index is 859. The molecule has 1 aliphatic rings. The summed E-state index contributed by atoms with van der Waals surface area (Å²) in [4.78, 5) is 25.8. The molecule has 0 unspecified atom stereocenters. The molecular weight excluding hydrogens is 344 g/mol. The standard InChI is InChI=1S/C21H22N2O4/c1-23-12-2-3-16-13-15(4-10-19(16)23)5-11-21(26)27-14-20(25)22-17-6-8-18(24)9-7-17/h4-11,13,24H,2-3,12,14H2,1H3,(H,22,25)/b11-5+. The summed E-state index contributed by atoms with van der Waals surface area (Å²) < 4.78 is 4.96. The number of benzene rings is 2. The van der Waals surface area contributed by atoms with Gasteiger partial charge in [0.05, 0.1) is 0 Å². The van der Waals surface area contributed by atoms with Crippen molar-refractivity contribution < 1.29 is 19.4 Å². The van der Waals surface area contributed by atoms with Crippen LogP contribution in [0.1, 0.15) is 17.5 Å². The van der Waals surface area contributed by atoms with Gasteiger partial charge in [-0.1, -0.05) is 6.07 Å². The number of ether oxygens (including phenoxy) is 1. The van der Waals surface area contributed by atoms with Crippen molar-refractivity contribution in [2.75, 3.05) is 30.4 Å². The summed E-state index contributed by atoms with van der Waals surface area (Å²) in [6.07, 6.45) is 5.16. The van der Waals surface area contributed by atoms with Crippen LogP contribution in [0.25, 0.3) is 6.08 Å². The second kappa shape index (κ2) is 8.40. The minimum absolute atomic E-state index is 0.110. The van der Waals surface area contributed by atoms with E-state index < -0.39 is 11.9 Å². The number of phenols is 1. The molecule has 0 aromatic heterocycles. The van der Waals surface area contributed by atoms with E-state index in [9.17, 15) is 14.7 Å². The molecule has 6 heteroatoms. The maximum atomic E-state index is 11.8. The number of rotatable bonds is 5. The fourth-order valence-corrected chi connectivity index (χ4v) is 3.00. The Morgan fingerprint density at radius 2 is 2.00 bits per heavy atom. The van der Waals surface area contributed by atoms with Crippen LogP contribution in [0.5, 0.6) is 5.75 Å². The summed E-state index contributed by atoms with van der Waals surface area (Å²) in [7, 11) is 2.08. The average molecular weight is 366 g/mol. The van der Waals surface area contributed by atoms with Gasteiger partial charge >= 0.3 is 5.97 Å². The molecule has 1 amide bonds. The zero-order valence-electron chi connectivity index (χ0n) is 15.1. The molecular formula is C21H22N2O4. The zero-order valence-corrected chi connectivity index (χ0v) is 15.1. The Kier molecular flexibility index (Phi) is 5.76. The lowest BCUT2D eigenvalue weighted by Gasteiger charge is -2.27. The number of hydrogen-bond donors (Lipinski definition) is 2. The number of aromatic hydroxyl groups is 1. The number of nitrogens with zero attached hydrogens (tertiary/aromatic N) is 1. The lowest BCUT2D eigenvalue weighted by molar-refractivity contribution is -0.142. The first-order chi connectivity index (χ1) is 13.0. The van der Waals surface area contributed by atoms with E-state index in [2.05, 4.69) is 29.4 Å². The molecule has 6 nitrogen and oxygen atoms in total. The van der Waals surface area contributed by atoms with Crippen LogP contribution >= 0.6 is 0 Å². The van der Waals surface area contributed by atoms with Crippen molar-refractivity contribution in [1.82, 2.24) is 0 Å². The molecule has 0 radical (unpaired) electrons. The van der Waals surface area contributed by atoms with Crippen LogP contribution in [0.15, 0.2) is 48.5 Å². The summed E-state index contributed by atoms with van der Waals surface area (Å²) in [5.74, 6) is -0.914. The summed E-state index contributed by atoms with van der Waals surface area (Å²) in [5, 5.41) is 11.8. The van der Waals surface area contributed by atoms with E-state index in [1.807, 2.05) is 6.07 Å². The number of phenolic OH excluding ortho intramolecular Hbond substituents is 1. The van der Waals surface area contributed by atoms with Crippen LogP contribution in [0, 0.1) is 0 Å². The zero-order chi connectivity index (χ0) is 19.2. The molecule has 2 N–H and O–H groups in total. The maximum Gasteiger partial charge on any atom is 0.331 e. The highest BCUT2D eigenvalue weighted by molar-refractivity contribution is 5.94. The quantitative estimate of drug-likeness (QED) is 0.483. The van der Waals surface area contributed by atoms with E-state index >= 15 is 0 Å². The molecule has 2 aromatic rings. The summed E-state index contributed by atoms with van der Waals surface area (Å²) >= 11 is 0. The number of nitrogens with one attached hydrogen (secondary N) is 1. The number of carbonyl (C=O) groups is 2. The van der Waals surface area contributed by atoms with Crippen molar-refractivity contribution in [2.24, 2.45) is 0 Å². The number of fused-ring (bicyclic) bond motifs is 1. The van der Waals surface area contributed by atoms with Gasteiger partial charge in [0.15, 0.2) is 6.61 Å². The molecule has 1 aliphatic heterocycles. The van der Waals surface area contributed by atoms with Gasteiger partial charge in [0, 0.05) is 31.0 Å². The molecule has 3 rings (SSSR count). The minimum atomic E-state index is -0.578. The Labute approximate surface area is 158 Å². The fourth-order valence-electron chi connectivity index (χ4n) is 3.00. The topological polar surface area (TPSA) is 78.9 Å². The molecule has 2 aromatic carbocycles. The fraction of sp³-hybridized carbons (Fsp3) is 0.238. The van der Waals surface area contributed by atoms with Gasteiger partial charge in [-0.15, -0.1) is 0 Å². The first-order valence-electron chi connectivity index (χ1n) is 8.79. The second-order valence-electron chi connectivity index (χ2n) is 6.45. The van der Waals surface area contributed by atoms with Crippen molar-refractivity contribution >= 4 is 29.3 Å². The Morgan fingerprint density at radius 3 is 2.78 bits per heavy atom. The highest BCUT2D eigenvalue weighted by Crippen LogP contribution is 2.27. The molecule has 0 saturated carbocycles. The second-order valence-corrected chi connectivity index (χ2v) is 6.45. The highest BCUT2D eigenvalue weighted by atomic mass is 16.5. The number of amides is 1. The van der Waals surface area contributed by atoms with Crippen LogP contribution in [-0.2, 0) is 20.7 Å². The van der Waals surface area contributed by atoms with Crippen molar-refractivity contribution in [3.05, 3.63) is 59.7 Å². The van der Waals surface area contributed by atoms with E-state index in [4.69, 9.17) is 4.74 Å². The molecule has 1 heterocycles. The van der Waals surface area contributed by atoms with Crippen LogP contribution in [-0.4, -0.2) is 37.2 Å². The van der Waals surface area contributed by atoms with Crippen molar-refractivity contribution in [3.8, 4) is 5.75 Å². The van der Waals surface area contributed by atoms with Gasteiger partial charge in [-0.3, -0.25) is 4.79 Å². The Hall–Kier alpha value is -3.28. The normalized spacial score (nSPS) is 13.3. The molecule has 0 fully saturated rings. The summed E-state index contributed by atoms with van der Waals surface area (Å²) in [5.41, 5.74) is 3.94. The Morgan fingerprint density at radius 1 is 1.22 bits per heavy atom. The van der Waals surface area contributed by atoms with Gasteiger partial charge in [0.2, 0.25) is 0 Å². The molecule has 140 valence electrons. The highest BCUT2D eigenvalue weighted by Gasteiger charge is 2.13. The van der Waals surface area contributed by atoms with Gasteiger partial charge in [0.1, 0.15) is 5.75 Å². The van der Waals surface area contributed by atoms with E-state index in [0.29, 0.717) is 5.69 Å². The molecule has 0 bridgehead atoms. The number of esters is 1. The number of carbonyl (C=O) groups excluding carboxylic acids is 2. The number of hydrogen-bond acceptors (Lipinski definition) is 5. The van der Waals surface area contributed by atoms with E-state index in [-0.39, 0.29) is 12.4 Å². The van der Waals surface area contributed by atoms with Crippen molar-refractivity contribution in [3.63, 3.8) is 0 Å². The van der Waals surface area contributed by atoms with E-state index in [0.717, 1.165) is 24.9 Å². The largest absolute Gasteiger partial charge is 0.508 e. The first-order valence-corrected chi connectivity index (χ1v) is 8.79. The predicted molar refractivity (Wildman–Crippen MR) is 105 cm³/mol. The van der Waals surface area contributed by atoms with Crippen LogP contribution in [0.2, 0.25) is 0 Å². The summed E-state index contributed by atoms with van der Waals surface area (Å²) in [6.45, 7) is 0.680. The lowest BCUT2D eigenvalue weighted by Crippen LogP contribution is -2.24. The first kappa shape index (κ1) is 18.5. The third-order valence-corrected chi connectivity index (χ3v) is 4.36. The number of aryl methyl sites for hydroxylation is 1. The van der Waals surface area contributed by atoms with Crippen molar-refractivity contribution in [1.29, 1.82) is 0 Å². The smallest absolute Gasteiger partial charge is 0.331 e. The summed E-state index contributed by atoms with van der Waals surface area (Å²) in [6, 6.07) is 12.1. The van der Waals surface area contributed by atoms with E-state index in [1.54, 1.807) is 18.2 Å². The van der Waals surface area contributed by atoms with Gasteiger partial charge in [0.25, 0.3) is 5.91 Å². The van der Waals surface area contributed by atoms with Gasteiger partial charge in [-0.05, 0) is 66.4 Å². The van der Waals surface area contributed by atoms with Gasteiger partial charge in [-0.25, -0.2) is 4.79 Å². The average Bonchev–Trinajstić information content (AvgIpc) is 2.66. The molecule has 27 heavy (non-hydrogen) atoms.